The van der Waals surface area contributed by atoms with E-state index in [2.05, 4.69) is 49.1 Å². The Labute approximate surface area is 171 Å². The molecule has 2 atom stereocenters. The summed E-state index contributed by atoms with van der Waals surface area (Å²) in [7, 11) is 1.67. The quantitative estimate of drug-likeness (QED) is 0.762. The van der Waals surface area contributed by atoms with Gasteiger partial charge in [0.2, 0.25) is 0 Å². The SMILES string of the molecule is COc1ccc(C=CC2CCC(c3ccc4c(c3)SC(C)(C)O4)N2CO)cc1. The standard InChI is InChI=1S/C23H27NO3S/c1-23(2)27-21-13-7-17(14-22(21)28-23)20-12-9-18(24(20)15-25)8-4-16-5-10-19(26-3)11-6-16/h4-8,10-11,13-14,18,20,25H,9,12,15H2,1-3H3. The lowest BCUT2D eigenvalue weighted by atomic mass is 10.0. The van der Waals surface area contributed by atoms with Crippen molar-refractivity contribution in [1.29, 1.82) is 0 Å². The molecule has 0 aromatic heterocycles. The van der Waals surface area contributed by atoms with E-state index < -0.39 is 0 Å². The Hall–Kier alpha value is -1.95. The first-order valence-electron chi connectivity index (χ1n) is 9.70. The number of hydrogen-bond donors (Lipinski definition) is 1. The minimum atomic E-state index is -0.211. The zero-order valence-corrected chi connectivity index (χ0v) is 17.4. The van der Waals surface area contributed by atoms with Gasteiger partial charge in [0.1, 0.15) is 11.5 Å². The highest BCUT2D eigenvalue weighted by Crippen LogP contribution is 2.49. The number of fused-ring (bicyclic) bond motifs is 1. The fraction of sp³-hybridized carbons (Fsp3) is 0.391. The van der Waals surface area contributed by atoms with E-state index in [9.17, 15) is 5.11 Å². The number of likely N-dealkylation sites (tertiary alicyclic amines) is 1. The van der Waals surface area contributed by atoms with Crippen LogP contribution in [0.1, 0.15) is 43.9 Å². The highest BCUT2D eigenvalue weighted by molar-refractivity contribution is 8.00. The summed E-state index contributed by atoms with van der Waals surface area (Å²) >= 11 is 1.76. The predicted molar refractivity (Wildman–Crippen MR) is 114 cm³/mol. The lowest BCUT2D eigenvalue weighted by molar-refractivity contribution is 0.0765. The molecule has 0 spiro atoms. The summed E-state index contributed by atoms with van der Waals surface area (Å²) in [5, 5.41) is 10.1. The molecule has 148 valence electrons. The number of aliphatic hydroxyl groups excluding tert-OH is 1. The Bertz CT molecular complexity index is 863. The minimum absolute atomic E-state index is 0.0501. The monoisotopic (exact) mass is 397 g/mol. The van der Waals surface area contributed by atoms with E-state index in [-0.39, 0.29) is 23.7 Å². The summed E-state index contributed by atoms with van der Waals surface area (Å²) < 4.78 is 11.2. The van der Waals surface area contributed by atoms with Gasteiger partial charge < -0.3 is 14.6 Å². The number of hydrogen-bond acceptors (Lipinski definition) is 5. The molecular weight excluding hydrogens is 370 g/mol. The van der Waals surface area contributed by atoms with Gasteiger partial charge in [-0.15, -0.1) is 0 Å². The first kappa shape index (κ1) is 19.4. The molecule has 0 saturated carbocycles. The van der Waals surface area contributed by atoms with E-state index in [1.54, 1.807) is 18.9 Å². The van der Waals surface area contributed by atoms with Gasteiger partial charge in [0.15, 0.2) is 4.93 Å². The van der Waals surface area contributed by atoms with Crippen molar-refractivity contribution >= 4 is 17.8 Å². The molecule has 0 radical (unpaired) electrons. The maximum Gasteiger partial charge on any atom is 0.153 e. The van der Waals surface area contributed by atoms with Gasteiger partial charge in [-0.25, -0.2) is 0 Å². The lowest BCUT2D eigenvalue weighted by Crippen LogP contribution is -2.31. The van der Waals surface area contributed by atoms with Crippen molar-refractivity contribution in [3.8, 4) is 11.5 Å². The number of benzene rings is 2. The van der Waals surface area contributed by atoms with Crippen molar-refractivity contribution in [3.63, 3.8) is 0 Å². The molecule has 0 amide bonds. The van der Waals surface area contributed by atoms with Gasteiger partial charge in [-0.1, -0.05) is 42.1 Å². The van der Waals surface area contributed by atoms with Gasteiger partial charge in [-0.3, -0.25) is 4.90 Å². The molecule has 4 nitrogen and oxygen atoms in total. The molecule has 2 heterocycles. The van der Waals surface area contributed by atoms with Gasteiger partial charge in [0, 0.05) is 12.1 Å². The average molecular weight is 398 g/mol. The fourth-order valence-corrected chi connectivity index (χ4v) is 5.11. The Morgan fingerprint density at radius 3 is 2.71 bits per heavy atom. The van der Waals surface area contributed by atoms with Gasteiger partial charge in [0.05, 0.1) is 18.7 Å². The highest BCUT2D eigenvalue weighted by Gasteiger charge is 2.35. The second-order valence-corrected chi connectivity index (χ2v) is 9.39. The number of rotatable bonds is 5. The first-order valence-corrected chi connectivity index (χ1v) is 10.5. The smallest absolute Gasteiger partial charge is 0.153 e. The van der Waals surface area contributed by atoms with Crippen LogP contribution in [0.25, 0.3) is 6.08 Å². The molecule has 2 aliphatic heterocycles. The molecule has 28 heavy (non-hydrogen) atoms. The van der Waals surface area contributed by atoms with Crippen LogP contribution in [-0.2, 0) is 0 Å². The number of aliphatic hydroxyl groups is 1. The topological polar surface area (TPSA) is 41.9 Å². The molecule has 1 N–H and O–H groups in total. The van der Waals surface area contributed by atoms with E-state index >= 15 is 0 Å². The molecule has 0 aliphatic carbocycles. The second-order valence-electron chi connectivity index (χ2n) is 7.76. The highest BCUT2D eigenvalue weighted by atomic mass is 32.2. The van der Waals surface area contributed by atoms with Crippen molar-refractivity contribution < 1.29 is 14.6 Å². The maximum absolute atomic E-state index is 10.1. The normalized spacial score (nSPS) is 23.7. The van der Waals surface area contributed by atoms with Crippen LogP contribution >= 0.6 is 11.8 Å². The third-order valence-corrected chi connectivity index (χ3v) is 6.53. The Balaban J connectivity index is 1.49. The summed E-state index contributed by atoms with van der Waals surface area (Å²) in [5.41, 5.74) is 2.39. The molecule has 1 saturated heterocycles. The molecular formula is C23H27NO3S. The number of nitrogens with zero attached hydrogens (tertiary/aromatic N) is 1. The van der Waals surface area contributed by atoms with Crippen LogP contribution in [0.15, 0.2) is 53.4 Å². The van der Waals surface area contributed by atoms with Crippen molar-refractivity contribution in [2.75, 3.05) is 13.8 Å². The Morgan fingerprint density at radius 1 is 1.21 bits per heavy atom. The summed E-state index contributed by atoms with van der Waals surface area (Å²) in [5.74, 6) is 1.82. The number of ether oxygens (including phenoxy) is 2. The van der Waals surface area contributed by atoms with Crippen molar-refractivity contribution in [2.24, 2.45) is 0 Å². The van der Waals surface area contributed by atoms with Crippen LogP contribution in [0.2, 0.25) is 0 Å². The van der Waals surface area contributed by atoms with Crippen LogP contribution in [0.3, 0.4) is 0 Å². The molecule has 0 bridgehead atoms. The molecule has 2 aromatic carbocycles. The Kier molecular flexibility index (Phi) is 5.41. The third kappa shape index (κ3) is 3.93. The number of thioether (sulfide) groups is 1. The maximum atomic E-state index is 10.1. The molecule has 4 rings (SSSR count). The Morgan fingerprint density at radius 2 is 2.00 bits per heavy atom. The van der Waals surface area contributed by atoms with Crippen LogP contribution in [0, 0.1) is 0 Å². The van der Waals surface area contributed by atoms with Crippen LogP contribution in [0.4, 0.5) is 0 Å². The largest absolute Gasteiger partial charge is 0.497 e. The molecule has 2 aromatic rings. The molecule has 5 heteroatoms. The second kappa shape index (κ2) is 7.82. The summed E-state index contributed by atoms with van der Waals surface area (Å²) in [6.45, 7) is 4.23. The zero-order valence-electron chi connectivity index (χ0n) is 16.6. The van der Waals surface area contributed by atoms with Crippen LogP contribution < -0.4 is 9.47 Å². The first-order chi connectivity index (χ1) is 13.5. The predicted octanol–water partition coefficient (Wildman–Crippen LogP) is 5.08. The fourth-order valence-electron chi connectivity index (χ4n) is 4.04. The van der Waals surface area contributed by atoms with Crippen LogP contribution in [0.5, 0.6) is 11.5 Å². The van der Waals surface area contributed by atoms with Crippen molar-refractivity contribution in [1.82, 2.24) is 4.90 Å². The zero-order chi connectivity index (χ0) is 19.7. The van der Waals surface area contributed by atoms with E-state index in [4.69, 9.17) is 9.47 Å². The average Bonchev–Trinajstić information content (AvgIpc) is 3.24. The van der Waals surface area contributed by atoms with Gasteiger partial charge >= 0.3 is 0 Å². The number of methoxy groups -OCH3 is 1. The van der Waals surface area contributed by atoms with Crippen LogP contribution in [-0.4, -0.2) is 34.8 Å². The van der Waals surface area contributed by atoms with Gasteiger partial charge in [-0.05, 0) is 62.1 Å². The summed E-state index contributed by atoms with van der Waals surface area (Å²) in [6.07, 6.45) is 6.40. The van der Waals surface area contributed by atoms with Crippen molar-refractivity contribution in [2.45, 2.75) is 48.6 Å². The third-order valence-electron chi connectivity index (χ3n) is 5.42. The summed E-state index contributed by atoms with van der Waals surface area (Å²) in [6, 6.07) is 14.9. The van der Waals surface area contributed by atoms with E-state index in [1.807, 2.05) is 24.3 Å². The van der Waals surface area contributed by atoms with E-state index in [0.717, 1.165) is 29.9 Å². The molecule has 2 aliphatic rings. The van der Waals surface area contributed by atoms with Gasteiger partial charge in [0.25, 0.3) is 0 Å². The molecule has 2 unspecified atom stereocenters. The summed E-state index contributed by atoms with van der Waals surface area (Å²) in [4.78, 5) is 3.15. The van der Waals surface area contributed by atoms with Gasteiger partial charge in [-0.2, -0.15) is 0 Å². The van der Waals surface area contributed by atoms with E-state index in [0.29, 0.717) is 0 Å². The van der Waals surface area contributed by atoms with E-state index in [1.165, 1.54) is 10.5 Å². The van der Waals surface area contributed by atoms with Crippen molar-refractivity contribution in [3.05, 3.63) is 59.7 Å². The minimum Gasteiger partial charge on any atom is -0.497 e. The molecule has 1 fully saturated rings. The lowest BCUT2D eigenvalue weighted by Gasteiger charge is -2.27.